The van der Waals surface area contributed by atoms with E-state index in [2.05, 4.69) is 88.3 Å². The van der Waals surface area contributed by atoms with E-state index < -0.39 is 17.6 Å². The molecule has 2 aromatic heterocycles. The number of hydrogen-bond acceptors (Lipinski definition) is 8. The molecule has 8 rings (SSSR count). The topological polar surface area (TPSA) is 115 Å². The van der Waals surface area contributed by atoms with Crippen molar-refractivity contribution in [3.05, 3.63) is 192 Å². The van der Waals surface area contributed by atoms with Crippen molar-refractivity contribution in [3.8, 4) is 22.5 Å². The number of carbonyl (C=O) groups excluding carboxylic acids is 2. The third-order valence-corrected chi connectivity index (χ3v) is 10.3. The number of hydrogen-bond donors (Lipinski definition) is 1. The average molecular weight is 726 g/mol. The van der Waals surface area contributed by atoms with Crippen LogP contribution >= 0.6 is 0 Å². The van der Waals surface area contributed by atoms with E-state index in [1.165, 1.54) is 13.3 Å². The molecule has 3 heterocycles. The van der Waals surface area contributed by atoms with Crippen molar-refractivity contribution in [2.45, 2.75) is 30.6 Å². The number of aromatic nitrogens is 5. The van der Waals surface area contributed by atoms with E-state index in [1.807, 2.05) is 71.4 Å². The Morgan fingerprint density at radius 1 is 0.745 bits per heavy atom. The van der Waals surface area contributed by atoms with Gasteiger partial charge in [-0.1, -0.05) is 140 Å². The minimum atomic E-state index is -0.878. The van der Waals surface area contributed by atoms with Gasteiger partial charge in [-0.3, -0.25) is 9.78 Å². The Hall–Kier alpha value is -6.78. The van der Waals surface area contributed by atoms with Crippen molar-refractivity contribution in [2.75, 3.05) is 13.7 Å². The molecule has 2 atom stereocenters. The first-order valence-electron chi connectivity index (χ1n) is 18.2. The number of ether oxygens (including phenoxy) is 1. The molecular formula is C45H39N7O3. The van der Waals surface area contributed by atoms with Crippen molar-refractivity contribution in [2.24, 2.45) is 0 Å². The molecule has 0 aliphatic carbocycles. The molecule has 5 aromatic carbocycles. The maximum absolute atomic E-state index is 13.3. The summed E-state index contributed by atoms with van der Waals surface area (Å²) in [5.74, 6) is -0.0378. The zero-order chi connectivity index (χ0) is 37.6. The molecule has 10 heteroatoms. The smallest absolute Gasteiger partial charge is 0.328 e. The molecule has 0 unspecified atom stereocenters. The van der Waals surface area contributed by atoms with Crippen LogP contribution in [-0.4, -0.2) is 67.7 Å². The van der Waals surface area contributed by atoms with Gasteiger partial charge in [0.25, 0.3) is 5.91 Å². The van der Waals surface area contributed by atoms with E-state index in [0.29, 0.717) is 30.9 Å². The largest absolute Gasteiger partial charge is 0.467 e. The molecule has 272 valence electrons. The van der Waals surface area contributed by atoms with E-state index in [1.54, 1.807) is 23.2 Å². The molecule has 55 heavy (non-hydrogen) atoms. The van der Waals surface area contributed by atoms with Gasteiger partial charge < -0.3 is 15.0 Å². The van der Waals surface area contributed by atoms with Gasteiger partial charge in [0, 0.05) is 37.1 Å². The highest BCUT2D eigenvalue weighted by Crippen LogP contribution is 2.43. The van der Waals surface area contributed by atoms with Gasteiger partial charge in [-0.25, -0.2) is 9.48 Å². The van der Waals surface area contributed by atoms with E-state index in [4.69, 9.17) is 15.0 Å². The van der Waals surface area contributed by atoms with Crippen LogP contribution in [-0.2, 0) is 21.6 Å². The summed E-state index contributed by atoms with van der Waals surface area (Å²) in [5.41, 5.74) is 6.60. The first-order valence-corrected chi connectivity index (χ1v) is 18.2. The van der Waals surface area contributed by atoms with Crippen molar-refractivity contribution < 1.29 is 14.3 Å². The predicted molar refractivity (Wildman–Crippen MR) is 210 cm³/mol. The molecule has 0 spiro atoms. The van der Waals surface area contributed by atoms with Crippen LogP contribution in [0.2, 0.25) is 0 Å². The summed E-state index contributed by atoms with van der Waals surface area (Å²) >= 11 is 0. The Morgan fingerprint density at radius 3 is 1.93 bits per heavy atom. The molecule has 10 nitrogen and oxygen atoms in total. The third-order valence-electron chi connectivity index (χ3n) is 10.3. The number of carbonyl (C=O) groups is 2. The van der Waals surface area contributed by atoms with E-state index in [-0.39, 0.29) is 11.9 Å². The summed E-state index contributed by atoms with van der Waals surface area (Å²) in [6.45, 7) is 0.936. The number of nitrogens with zero attached hydrogens (tertiary/aromatic N) is 6. The van der Waals surface area contributed by atoms with Crippen LogP contribution in [0.1, 0.15) is 39.0 Å². The number of esters is 1. The van der Waals surface area contributed by atoms with Gasteiger partial charge in [0.1, 0.15) is 11.6 Å². The summed E-state index contributed by atoms with van der Waals surface area (Å²) < 4.78 is 7.01. The van der Waals surface area contributed by atoms with Gasteiger partial charge in [0.15, 0.2) is 5.82 Å². The SMILES string of the molecule is COC(=O)[C@@H]1C[C@H](NCc2ccc(-c3ccccc3-c3nnnn3C(c3ccccc3)(c3ccccc3)c3ccccc3)cc2)CN1C(=O)c1cccnc1. The highest BCUT2D eigenvalue weighted by molar-refractivity contribution is 5.97. The molecule has 0 bridgehead atoms. The fraction of sp³-hybridized carbons (Fsp3) is 0.156. The van der Waals surface area contributed by atoms with Crippen LogP contribution in [0.5, 0.6) is 0 Å². The minimum absolute atomic E-state index is 0.0944. The monoisotopic (exact) mass is 725 g/mol. The van der Waals surface area contributed by atoms with Crippen molar-refractivity contribution >= 4 is 11.9 Å². The molecule has 1 N–H and O–H groups in total. The number of pyridine rings is 1. The summed E-state index contributed by atoms with van der Waals surface area (Å²) in [7, 11) is 1.35. The van der Waals surface area contributed by atoms with E-state index in [0.717, 1.165) is 38.9 Å². The Bertz CT molecular complexity index is 2270. The first kappa shape index (κ1) is 35.3. The maximum Gasteiger partial charge on any atom is 0.328 e. The highest BCUT2D eigenvalue weighted by Gasteiger charge is 2.43. The average Bonchev–Trinajstić information content (AvgIpc) is 3.93. The van der Waals surface area contributed by atoms with Crippen LogP contribution in [0.3, 0.4) is 0 Å². The van der Waals surface area contributed by atoms with Gasteiger partial charge in [-0.15, -0.1) is 5.10 Å². The normalized spacial score (nSPS) is 15.5. The molecule has 7 aromatic rings. The predicted octanol–water partition coefficient (Wildman–Crippen LogP) is 6.79. The number of likely N-dealkylation sites (tertiary alicyclic amines) is 1. The van der Waals surface area contributed by atoms with Crippen LogP contribution in [0.4, 0.5) is 0 Å². The van der Waals surface area contributed by atoms with Gasteiger partial charge in [-0.2, -0.15) is 0 Å². The lowest BCUT2D eigenvalue weighted by atomic mass is 9.77. The summed E-state index contributed by atoms with van der Waals surface area (Å²) in [4.78, 5) is 31.6. The van der Waals surface area contributed by atoms with Crippen molar-refractivity contribution in [3.63, 3.8) is 0 Å². The maximum atomic E-state index is 13.3. The third kappa shape index (κ3) is 6.79. The van der Waals surface area contributed by atoms with Gasteiger partial charge in [-0.05, 0) is 62.4 Å². The Labute approximate surface area is 319 Å². The van der Waals surface area contributed by atoms with Crippen LogP contribution in [0.15, 0.2) is 164 Å². The Kier molecular flexibility index (Phi) is 10.0. The quantitative estimate of drug-likeness (QED) is 0.115. The number of benzene rings is 5. The number of nitrogens with one attached hydrogen (secondary N) is 1. The zero-order valence-corrected chi connectivity index (χ0v) is 30.3. The number of amides is 1. The number of rotatable bonds is 11. The molecular weight excluding hydrogens is 687 g/mol. The zero-order valence-electron chi connectivity index (χ0n) is 30.3. The van der Waals surface area contributed by atoms with Gasteiger partial charge in [0.05, 0.1) is 12.7 Å². The lowest BCUT2D eigenvalue weighted by Crippen LogP contribution is -2.41. The summed E-state index contributed by atoms with van der Waals surface area (Å²) in [5, 5.41) is 17.3. The van der Waals surface area contributed by atoms with Crippen LogP contribution in [0.25, 0.3) is 22.5 Å². The van der Waals surface area contributed by atoms with Crippen LogP contribution in [0, 0.1) is 0 Å². The fourth-order valence-corrected chi connectivity index (χ4v) is 7.70. The second-order valence-electron chi connectivity index (χ2n) is 13.5. The first-order chi connectivity index (χ1) is 27.1. The lowest BCUT2D eigenvalue weighted by molar-refractivity contribution is -0.145. The Balaban J connectivity index is 1.09. The molecule has 1 saturated heterocycles. The lowest BCUT2D eigenvalue weighted by Gasteiger charge is -2.36. The van der Waals surface area contributed by atoms with Gasteiger partial charge >= 0.3 is 5.97 Å². The van der Waals surface area contributed by atoms with E-state index in [9.17, 15) is 9.59 Å². The molecule has 0 radical (unpaired) electrons. The highest BCUT2D eigenvalue weighted by atomic mass is 16.5. The molecule has 1 aliphatic rings. The van der Waals surface area contributed by atoms with Gasteiger partial charge in [0.2, 0.25) is 0 Å². The second-order valence-corrected chi connectivity index (χ2v) is 13.5. The Morgan fingerprint density at radius 2 is 1.35 bits per heavy atom. The van der Waals surface area contributed by atoms with Crippen molar-refractivity contribution in [1.82, 2.24) is 35.4 Å². The number of methoxy groups -OCH3 is 1. The van der Waals surface area contributed by atoms with E-state index >= 15 is 0 Å². The molecule has 1 fully saturated rings. The standard InChI is InChI=1S/C45H39N7O3/c1-55-44(54)41-28-38(31-51(41)43(53)34-14-13-27-46-30-34)47-29-32-23-25-33(26-24-32)39-21-11-12-22-40(39)42-48-49-50-52(42)45(35-15-5-2-6-16-35,36-17-7-3-8-18-36)37-19-9-4-10-20-37/h2-27,30,38,41,47H,28-29,31H2,1H3/t38-,41-/m0/s1. The van der Waals surface area contributed by atoms with Crippen LogP contribution < -0.4 is 5.32 Å². The molecule has 0 saturated carbocycles. The fourth-order valence-electron chi connectivity index (χ4n) is 7.70. The minimum Gasteiger partial charge on any atom is -0.467 e. The second kappa shape index (κ2) is 15.7. The molecule has 1 aliphatic heterocycles. The summed E-state index contributed by atoms with van der Waals surface area (Å²) in [6, 6.07) is 50.3. The summed E-state index contributed by atoms with van der Waals surface area (Å²) in [6.07, 6.45) is 3.59. The number of tetrazole rings is 1. The van der Waals surface area contributed by atoms with Crippen molar-refractivity contribution in [1.29, 1.82) is 0 Å². The molecule has 1 amide bonds.